The van der Waals surface area contributed by atoms with Crippen LogP contribution < -0.4 is 5.73 Å². The molecule has 1 fully saturated rings. The van der Waals surface area contributed by atoms with Gasteiger partial charge >= 0.3 is 6.18 Å². The van der Waals surface area contributed by atoms with Gasteiger partial charge in [-0.1, -0.05) is 18.2 Å². The predicted molar refractivity (Wildman–Crippen MR) is 110 cm³/mol. The topological polar surface area (TPSA) is 96.0 Å². The van der Waals surface area contributed by atoms with Gasteiger partial charge in [0.15, 0.2) is 5.60 Å². The molecule has 0 aromatic heterocycles. The molecule has 2 aromatic carbocycles. The third-order valence-corrected chi connectivity index (χ3v) is 7.93. The van der Waals surface area contributed by atoms with Crippen LogP contribution in [-0.4, -0.2) is 48.5 Å². The highest BCUT2D eigenvalue weighted by Gasteiger charge is 2.58. The Morgan fingerprint density at radius 3 is 2.45 bits per heavy atom. The second kappa shape index (κ2) is 7.04. The standard InChI is InChI=1S/C21H22F3N3O3S/c1-12-9-15(31(29,30)27-8-7-20(28,11-27)21(22,23)24)4-6-16(12)17-5-3-14-10-26-19(25)18(14)13(17)2/h3-6,9,28H,7-8,10-11H2,1-2H3,(H2,25,26). The lowest BCUT2D eigenvalue weighted by Gasteiger charge is -2.26. The monoisotopic (exact) mass is 453 g/mol. The molecule has 6 nitrogen and oxygen atoms in total. The largest absolute Gasteiger partial charge is 0.418 e. The highest BCUT2D eigenvalue weighted by atomic mass is 32.2. The Kier molecular flexibility index (Phi) is 4.95. The number of aliphatic imine (C=N–C) groups is 1. The minimum Gasteiger partial charge on any atom is -0.383 e. The molecule has 0 saturated carbocycles. The van der Waals surface area contributed by atoms with Gasteiger partial charge in [0.1, 0.15) is 5.84 Å². The lowest BCUT2D eigenvalue weighted by molar-refractivity contribution is -0.252. The second-order valence-electron chi connectivity index (χ2n) is 8.07. The van der Waals surface area contributed by atoms with Gasteiger partial charge in [-0.2, -0.15) is 17.5 Å². The van der Waals surface area contributed by atoms with E-state index in [4.69, 9.17) is 5.73 Å². The number of β-amino-alcohol motifs (C(OH)–C–C–N with tert-alkyl or cyclic N) is 1. The number of benzene rings is 2. The molecule has 31 heavy (non-hydrogen) atoms. The number of fused-ring (bicyclic) bond motifs is 1. The van der Waals surface area contributed by atoms with Crippen LogP contribution in [0.1, 0.15) is 28.7 Å². The number of aliphatic hydroxyl groups is 1. The van der Waals surface area contributed by atoms with Crippen LogP contribution in [-0.2, 0) is 16.6 Å². The molecule has 0 radical (unpaired) electrons. The fourth-order valence-electron chi connectivity index (χ4n) is 4.24. The van der Waals surface area contributed by atoms with Crippen molar-refractivity contribution < 1.29 is 26.7 Å². The number of hydrogen-bond donors (Lipinski definition) is 2. The number of nitrogens with zero attached hydrogens (tertiary/aromatic N) is 2. The van der Waals surface area contributed by atoms with E-state index in [1.54, 1.807) is 13.0 Å². The number of nitrogens with two attached hydrogens (primary N) is 1. The quantitative estimate of drug-likeness (QED) is 0.747. The van der Waals surface area contributed by atoms with E-state index < -0.39 is 41.3 Å². The summed E-state index contributed by atoms with van der Waals surface area (Å²) in [7, 11) is -4.19. The van der Waals surface area contributed by atoms with Gasteiger partial charge in [0.05, 0.1) is 18.0 Å². The van der Waals surface area contributed by atoms with Crippen molar-refractivity contribution in [2.24, 2.45) is 10.7 Å². The molecular formula is C21H22F3N3O3S. The summed E-state index contributed by atoms with van der Waals surface area (Å²) in [6, 6.07) is 8.34. The van der Waals surface area contributed by atoms with Gasteiger partial charge in [0.2, 0.25) is 10.0 Å². The molecule has 0 spiro atoms. The van der Waals surface area contributed by atoms with Crippen LogP contribution in [0.15, 0.2) is 40.2 Å². The minimum atomic E-state index is -4.90. The molecule has 4 rings (SSSR count). The van der Waals surface area contributed by atoms with Crippen molar-refractivity contribution in [2.45, 2.75) is 43.5 Å². The van der Waals surface area contributed by atoms with E-state index in [2.05, 4.69) is 4.99 Å². The first-order valence-corrected chi connectivity index (χ1v) is 11.1. The van der Waals surface area contributed by atoms with Crippen LogP contribution in [0.4, 0.5) is 13.2 Å². The summed E-state index contributed by atoms with van der Waals surface area (Å²) in [5.41, 5.74) is 8.16. The van der Waals surface area contributed by atoms with Crippen LogP contribution in [0.2, 0.25) is 0 Å². The van der Waals surface area contributed by atoms with Crippen LogP contribution in [0.25, 0.3) is 11.1 Å². The lowest BCUT2D eigenvalue weighted by Crippen LogP contribution is -2.48. The van der Waals surface area contributed by atoms with Crippen molar-refractivity contribution in [2.75, 3.05) is 13.1 Å². The van der Waals surface area contributed by atoms with Crippen molar-refractivity contribution in [3.05, 3.63) is 52.6 Å². The Morgan fingerprint density at radius 1 is 1.16 bits per heavy atom. The summed E-state index contributed by atoms with van der Waals surface area (Å²) in [4.78, 5) is 4.14. The molecule has 2 aliphatic heterocycles. The summed E-state index contributed by atoms with van der Waals surface area (Å²) < 4.78 is 65.8. The van der Waals surface area contributed by atoms with Gasteiger partial charge in [-0.15, -0.1) is 0 Å². The fraction of sp³-hybridized carbons (Fsp3) is 0.381. The minimum absolute atomic E-state index is 0.111. The highest BCUT2D eigenvalue weighted by molar-refractivity contribution is 7.89. The first-order valence-electron chi connectivity index (χ1n) is 9.68. The zero-order valence-electron chi connectivity index (χ0n) is 17.0. The number of alkyl halides is 3. The zero-order valence-corrected chi connectivity index (χ0v) is 17.8. The van der Waals surface area contributed by atoms with Gasteiger partial charge in [-0.3, -0.25) is 4.99 Å². The van der Waals surface area contributed by atoms with Crippen molar-refractivity contribution in [3.63, 3.8) is 0 Å². The number of sulfonamides is 1. The van der Waals surface area contributed by atoms with Crippen molar-refractivity contribution in [1.29, 1.82) is 0 Å². The third-order valence-electron chi connectivity index (χ3n) is 6.09. The maximum absolute atomic E-state index is 13.1. The van der Waals surface area contributed by atoms with E-state index in [1.807, 2.05) is 19.1 Å². The molecule has 10 heteroatoms. The summed E-state index contributed by atoms with van der Waals surface area (Å²) in [5, 5.41) is 9.83. The highest BCUT2D eigenvalue weighted by Crippen LogP contribution is 2.40. The number of hydrogen-bond acceptors (Lipinski definition) is 5. The fourth-order valence-corrected chi connectivity index (χ4v) is 5.82. The Hall–Kier alpha value is -2.43. The number of rotatable bonds is 3. The third kappa shape index (κ3) is 3.42. The Balaban J connectivity index is 1.68. The maximum Gasteiger partial charge on any atom is 0.418 e. The summed E-state index contributed by atoms with van der Waals surface area (Å²) in [5.74, 6) is 0.470. The number of aryl methyl sites for hydroxylation is 1. The zero-order chi connectivity index (χ0) is 22.8. The average molecular weight is 453 g/mol. The molecule has 1 atom stereocenters. The summed E-state index contributed by atoms with van der Waals surface area (Å²) in [6.07, 6.45) is -5.59. The van der Waals surface area contributed by atoms with Gasteiger partial charge in [-0.25, -0.2) is 8.42 Å². The van der Waals surface area contributed by atoms with Gasteiger partial charge < -0.3 is 10.8 Å². The Labute approximate surface area is 178 Å². The molecule has 1 unspecified atom stereocenters. The van der Waals surface area contributed by atoms with Crippen molar-refractivity contribution in [3.8, 4) is 11.1 Å². The smallest absolute Gasteiger partial charge is 0.383 e. The molecule has 2 aromatic rings. The normalized spacial score (nSPS) is 21.9. The SMILES string of the molecule is Cc1cc(S(=O)(=O)N2CCC(O)(C(F)(F)F)C2)ccc1-c1ccc2c(c1C)C(N)=NC2. The molecule has 1 saturated heterocycles. The maximum atomic E-state index is 13.1. The first kappa shape index (κ1) is 21.8. The molecule has 3 N–H and O–H groups in total. The van der Waals surface area contributed by atoms with E-state index in [0.717, 1.165) is 27.8 Å². The molecule has 2 heterocycles. The van der Waals surface area contributed by atoms with Gasteiger partial charge in [-0.05, 0) is 53.8 Å². The molecule has 2 aliphatic rings. The predicted octanol–water partition coefficient (Wildman–Crippen LogP) is 2.88. The number of amidine groups is 1. The molecule has 0 amide bonds. The first-order chi connectivity index (χ1) is 14.3. The van der Waals surface area contributed by atoms with E-state index in [0.29, 0.717) is 22.2 Å². The Morgan fingerprint density at radius 2 is 1.84 bits per heavy atom. The summed E-state index contributed by atoms with van der Waals surface area (Å²) >= 11 is 0. The van der Waals surface area contributed by atoms with Crippen LogP contribution in [0.3, 0.4) is 0 Å². The van der Waals surface area contributed by atoms with Crippen LogP contribution >= 0.6 is 0 Å². The van der Waals surface area contributed by atoms with E-state index in [9.17, 15) is 26.7 Å². The van der Waals surface area contributed by atoms with Crippen molar-refractivity contribution in [1.82, 2.24) is 4.31 Å². The molecule has 0 bridgehead atoms. The van der Waals surface area contributed by atoms with E-state index >= 15 is 0 Å². The lowest BCUT2D eigenvalue weighted by atomic mass is 9.91. The van der Waals surface area contributed by atoms with Crippen LogP contribution in [0, 0.1) is 13.8 Å². The summed E-state index contributed by atoms with van der Waals surface area (Å²) in [6.45, 7) is 2.78. The second-order valence-corrected chi connectivity index (χ2v) is 10.0. The number of halogens is 3. The van der Waals surface area contributed by atoms with Crippen LogP contribution in [0.5, 0.6) is 0 Å². The van der Waals surface area contributed by atoms with E-state index in [1.165, 1.54) is 12.1 Å². The molecule has 0 aliphatic carbocycles. The van der Waals surface area contributed by atoms with Crippen molar-refractivity contribution >= 4 is 15.9 Å². The molecular weight excluding hydrogens is 431 g/mol. The average Bonchev–Trinajstić information content (AvgIpc) is 3.27. The van der Waals surface area contributed by atoms with Gasteiger partial charge in [0, 0.05) is 18.5 Å². The Bertz CT molecular complexity index is 1210. The molecule has 166 valence electrons. The van der Waals surface area contributed by atoms with Gasteiger partial charge in [0.25, 0.3) is 0 Å². The van der Waals surface area contributed by atoms with E-state index in [-0.39, 0.29) is 4.90 Å².